The first-order valence-corrected chi connectivity index (χ1v) is 12.9. The fraction of sp³-hybridized carbons (Fsp3) is 0.333. The molecule has 0 saturated carbocycles. The van der Waals surface area contributed by atoms with Crippen molar-refractivity contribution in [1.82, 2.24) is 5.32 Å². The summed E-state index contributed by atoms with van der Waals surface area (Å²) in [4.78, 5) is 13.5. The molecule has 0 atom stereocenters. The Kier molecular flexibility index (Phi) is 8.42. The van der Waals surface area contributed by atoms with Crippen molar-refractivity contribution in [2.75, 3.05) is 6.54 Å². The third-order valence-electron chi connectivity index (χ3n) is 3.94. The molecule has 0 aliphatic carbocycles. The topological polar surface area (TPSA) is 61.7 Å². The van der Waals surface area contributed by atoms with Gasteiger partial charge in [-0.3, -0.25) is 0 Å². The van der Waals surface area contributed by atoms with Gasteiger partial charge in [-0.05, 0) is 0 Å². The van der Waals surface area contributed by atoms with E-state index in [9.17, 15) is 10.0 Å². The molecule has 2 N–H and O–H groups in total. The molecule has 0 aliphatic heterocycles. The molecule has 0 aliphatic rings. The zero-order valence-corrected chi connectivity index (χ0v) is 18.5. The predicted octanol–water partition coefficient (Wildman–Crippen LogP) is 4.30. The van der Waals surface area contributed by atoms with Gasteiger partial charge in [0.25, 0.3) is 0 Å². The van der Waals surface area contributed by atoms with E-state index in [1.54, 1.807) is 0 Å². The SMILES string of the molecule is CC(C)(C)c1ccc(C/C(=N\O)C(=O)NCC[Se]Sc2ccccc2)cc1. The molecule has 144 valence electrons. The second kappa shape index (κ2) is 10.5. The first-order valence-electron chi connectivity index (χ1n) is 8.83. The van der Waals surface area contributed by atoms with Gasteiger partial charge in [0.1, 0.15) is 0 Å². The van der Waals surface area contributed by atoms with Crippen LogP contribution >= 0.6 is 10.2 Å². The zero-order valence-electron chi connectivity index (χ0n) is 15.9. The molecular weight excluding hydrogens is 423 g/mol. The van der Waals surface area contributed by atoms with Crippen molar-refractivity contribution in [2.24, 2.45) is 5.16 Å². The molecule has 1 amide bonds. The number of hydrogen-bond donors (Lipinski definition) is 2. The van der Waals surface area contributed by atoms with E-state index in [-0.39, 0.29) is 17.0 Å². The van der Waals surface area contributed by atoms with Crippen LogP contribution in [0, 0.1) is 0 Å². The van der Waals surface area contributed by atoms with Crippen LogP contribution in [0.5, 0.6) is 0 Å². The molecule has 2 aromatic rings. The second-order valence-electron chi connectivity index (χ2n) is 7.14. The van der Waals surface area contributed by atoms with Crippen LogP contribution in [-0.2, 0) is 16.6 Å². The summed E-state index contributed by atoms with van der Waals surface area (Å²) in [5, 5.41) is 16.2. The summed E-state index contributed by atoms with van der Waals surface area (Å²) in [6.07, 6.45) is 0.316. The average molecular weight is 449 g/mol. The first-order chi connectivity index (χ1) is 12.9. The van der Waals surface area contributed by atoms with E-state index in [0.717, 1.165) is 10.9 Å². The van der Waals surface area contributed by atoms with Gasteiger partial charge in [0.2, 0.25) is 0 Å². The van der Waals surface area contributed by atoms with Gasteiger partial charge < -0.3 is 0 Å². The number of rotatable bonds is 8. The number of nitrogens with one attached hydrogen (secondary N) is 1. The summed E-state index contributed by atoms with van der Waals surface area (Å²) in [7, 11) is 1.82. The van der Waals surface area contributed by atoms with E-state index in [4.69, 9.17) is 0 Å². The molecule has 27 heavy (non-hydrogen) atoms. The van der Waals surface area contributed by atoms with Crippen LogP contribution < -0.4 is 5.32 Å². The molecule has 4 nitrogen and oxygen atoms in total. The van der Waals surface area contributed by atoms with Crippen molar-refractivity contribution in [3.63, 3.8) is 0 Å². The molecule has 0 heterocycles. The van der Waals surface area contributed by atoms with E-state index in [0.29, 0.717) is 26.8 Å². The second-order valence-corrected chi connectivity index (χ2v) is 11.4. The maximum absolute atomic E-state index is 12.2. The molecule has 0 fully saturated rings. The van der Waals surface area contributed by atoms with Crippen LogP contribution in [-0.4, -0.2) is 37.2 Å². The van der Waals surface area contributed by atoms with Crippen molar-refractivity contribution in [3.05, 3.63) is 65.7 Å². The van der Waals surface area contributed by atoms with Gasteiger partial charge in [0.15, 0.2) is 0 Å². The third kappa shape index (κ3) is 7.41. The van der Waals surface area contributed by atoms with Gasteiger partial charge in [0.05, 0.1) is 0 Å². The Hall–Kier alpha value is -1.75. The molecular formula is C21H26N2O2SSe. The molecule has 0 radical (unpaired) electrons. The van der Waals surface area contributed by atoms with Gasteiger partial charge >= 0.3 is 171 Å². The van der Waals surface area contributed by atoms with Gasteiger partial charge in [-0.15, -0.1) is 0 Å². The van der Waals surface area contributed by atoms with Crippen LogP contribution in [0.4, 0.5) is 0 Å². The summed E-state index contributed by atoms with van der Waals surface area (Å²) in [5.74, 6) is -0.307. The molecule has 0 unspecified atom stereocenters. The molecule has 6 heteroatoms. The summed E-state index contributed by atoms with van der Waals surface area (Å²) in [6, 6.07) is 18.3. The Balaban J connectivity index is 1.77. The summed E-state index contributed by atoms with van der Waals surface area (Å²) >= 11 is 0.355. The van der Waals surface area contributed by atoms with Crippen LogP contribution in [0.25, 0.3) is 0 Å². The standard InChI is InChI=1S/C21H26N2O2SSe/c1-21(2,3)17-11-9-16(10-12-17)15-19(23-25)20(24)22-13-14-27-26-18-7-5-4-6-8-18/h4-12,25H,13-15H2,1-3H3,(H,22,24)/b23-19+. The zero-order chi connectivity index (χ0) is 19.7. The van der Waals surface area contributed by atoms with Crippen LogP contribution in [0.2, 0.25) is 5.32 Å². The number of nitrogens with zero attached hydrogens (tertiary/aromatic N) is 1. The number of oxime groups is 1. The summed E-state index contributed by atoms with van der Waals surface area (Å²) < 4.78 is 0. The van der Waals surface area contributed by atoms with Gasteiger partial charge in [-0.2, -0.15) is 0 Å². The molecule has 0 saturated heterocycles. The van der Waals surface area contributed by atoms with E-state index in [1.807, 2.05) is 40.5 Å². The Bertz CT molecular complexity index is 756. The summed E-state index contributed by atoms with van der Waals surface area (Å²) in [5.41, 5.74) is 2.41. The molecule has 2 aromatic carbocycles. The van der Waals surface area contributed by atoms with Crippen molar-refractivity contribution < 1.29 is 10.0 Å². The molecule has 0 bridgehead atoms. The number of amides is 1. The fourth-order valence-electron chi connectivity index (χ4n) is 2.37. The molecule has 0 aromatic heterocycles. The Morgan fingerprint density at radius 1 is 1.11 bits per heavy atom. The van der Waals surface area contributed by atoms with Crippen LogP contribution in [0.15, 0.2) is 64.6 Å². The van der Waals surface area contributed by atoms with E-state index >= 15 is 0 Å². The molecule has 2 rings (SSSR count). The Labute approximate surface area is 171 Å². The van der Waals surface area contributed by atoms with E-state index in [2.05, 4.69) is 55.5 Å². The predicted molar refractivity (Wildman–Crippen MR) is 114 cm³/mol. The minimum atomic E-state index is -0.307. The number of benzene rings is 2. The number of carbonyl (C=O) groups excluding carboxylic acids is 1. The van der Waals surface area contributed by atoms with Crippen LogP contribution in [0.1, 0.15) is 31.9 Å². The monoisotopic (exact) mass is 450 g/mol. The number of carbonyl (C=O) groups is 1. The van der Waals surface area contributed by atoms with Crippen molar-refractivity contribution in [2.45, 2.75) is 42.8 Å². The quantitative estimate of drug-likeness (QED) is 0.208. The van der Waals surface area contributed by atoms with E-state index < -0.39 is 0 Å². The van der Waals surface area contributed by atoms with Gasteiger partial charge in [-0.1, -0.05) is 0 Å². The van der Waals surface area contributed by atoms with Gasteiger partial charge in [-0.25, -0.2) is 0 Å². The average Bonchev–Trinajstić information content (AvgIpc) is 2.66. The van der Waals surface area contributed by atoms with Crippen molar-refractivity contribution >= 4 is 35.6 Å². The maximum atomic E-state index is 12.2. The first kappa shape index (κ1) is 21.5. The van der Waals surface area contributed by atoms with E-state index in [1.165, 1.54) is 10.5 Å². The third-order valence-corrected chi connectivity index (χ3v) is 8.12. The fourth-order valence-corrected chi connectivity index (χ4v) is 5.76. The van der Waals surface area contributed by atoms with Crippen LogP contribution in [0.3, 0.4) is 0 Å². The number of hydrogen-bond acceptors (Lipinski definition) is 4. The Morgan fingerprint density at radius 3 is 2.37 bits per heavy atom. The minimum absolute atomic E-state index is 0.0866. The Morgan fingerprint density at radius 2 is 1.78 bits per heavy atom. The summed E-state index contributed by atoms with van der Waals surface area (Å²) in [6.45, 7) is 7.07. The van der Waals surface area contributed by atoms with Gasteiger partial charge in [0, 0.05) is 0 Å². The normalized spacial score (nSPS) is 12.0. The van der Waals surface area contributed by atoms with Crippen molar-refractivity contribution in [1.29, 1.82) is 0 Å². The van der Waals surface area contributed by atoms with Crippen molar-refractivity contribution in [3.8, 4) is 0 Å². The molecule has 0 spiro atoms.